The average molecular weight is 485 g/mol. The van der Waals surface area contributed by atoms with Gasteiger partial charge in [0.1, 0.15) is 11.5 Å². The molecule has 1 unspecified atom stereocenters. The van der Waals surface area contributed by atoms with Crippen LogP contribution in [-0.2, 0) is 11.3 Å². The topological polar surface area (TPSA) is 90.9 Å². The van der Waals surface area contributed by atoms with Crippen LogP contribution >= 0.6 is 0 Å². The highest BCUT2D eigenvalue weighted by Gasteiger charge is 2.35. The lowest BCUT2D eigenvalue weighted by Gasteiger charge is -2.34. The van der Waals surface area contributed by atoms with Crippen molar-refractivity contribution >= 4 is 23.6 Å². The molecule has 1 atom stereocenters. The highest BCUT2D eigenvalue weighted by molar-refractivity contribution is 5.98. The van der Waals surface area contributed by atoms with Gasteiger partial charge in [-0.3, -0.25) is 9.59 Å². The standard InChI is InChI=1S/C25H33FN6O3/c1-6-35-21-8-7-18(13-20(21)26)16(4)27-23-19-14-32(15(2)3)24(34)22(19)28-25(29-23)31-11-9-30(10-12-31)17(5)33/h7-8,13,15-16H,6,9-12,14H2,1-5H3,(H,27,28,29). The van der Waals surface area contributed by atoms with Gasteiger partial charge in [-0.1, -0.05) is 6.07 Å². The normalized spacial score (nSPS) is 16.5. The van der Waals surface area contributed by atoms with Crippen molar-refractivity contribution in [3.05, 3.63) is 40.8 Å². The summed E-state index contributed by atoms with van der Waals surface area (Å²) in [4.78, 5) is 39.9. The maximum Gasteiger partial charge on any atom is 0.273 e. The molecule has 1 N–H and O–H groups in total. The molecule has 0 bridgehead atoms. The van der Waals surface area contributed by atoms with E-state index in [1.54, 1.807) is 22.8 Å². The van der Waals surface area contributed by atoms with Crippen LogP contribution in [0.2, 0.25) is 0 Å². The first-order valence-electron chi connectivity index (χ1n) is 12.1. The third-order valence-electron chi connectivity index (χ3n) is 6.53. The molecular weight excluding hydrogens is 451 g/mol. The summed E-state index contributed by atoms with van der Waals surface area (Å²) < 4.78 is 19.8. The number of rotatable bonds is 7. The van der Waals surface area contributed by atoms with E-state index in [-0.39, 0.29) is 29.6 Å². The number of amides is 2. The summed E-state index contributed by atoms with van der Waals surface area (Å²) in [5.41, 5.74) is 1.87. The molecule has 2 aliphatic heterocycles. The molecule has 0 spiro atoms. The lowest BCUT2D eigenvalue weighted by atomic mass is 10.1. The molecular formula is C25H33FN6O3. The molecule has 0 saturated carbocycles. The van der Waals surface area contributed by atoms with E-state index in [1.807, 2.05) is 38.7 Å². The third kappa shape index (κ3) is 5.01. The van der Waals surface area contributed by atoms with Crippen molar-refractivity contribution in [3.63, 3.8) is 0 Å². The number of hydrogen-bond acceptors (Lipinski definition) is 7. The van der Waals surface area contributed by atoms with Gasteiger partial charge in [-0.2, -0.15) is 4.98 Å². The Morgan fingerprint density at radius 1 is 1.17 bits per heavy atom. The number of carbonyl (C=O) groups excluding carboxylic acids is 2. The van der Waals surface area contributed by atoms with Crippen LogP contribution in [0.1, 0.15) is 62.3 Å². The molecule has 3 heterocycles. The number of halogens is 1. The number of hydrogen-bond donors (Lipinski definition) is 1. The summed E-state index contributed by atoms with van der Waals surface area (Å²) in [5.74, 6) is 0.744. The highest BCUT2D eigenvalue weighted by atomic mass is 19.1. The zero-order valence-electron chi connectivity index (χ0n) is 21.0. The summed E-state index contributed by atoms with van der Waals surface area (Å²) in [6.45, 7) is 12.4. The Balaban J connectivity index is 1.64. The summed E-state index contributed by atoms with van der Waals surface area (Å²) in [6.07, 6.45) is 0. The molecule has 9 nitrogen and oxygen atoms in total. The lowest BCUT2D eigenvalue weighted by Crippen LogP contribution is -2.48. The van der Waals surface area contributed by atoms with Gasteiger partial charge in [0.25, 0.3) is 5.91 Å². The van der Waals surface area contributed by atoms with Gasteiger partial charge in [0, 0.05) is 44.7 Å². The second-order valence-electron chi connectivity index (χ2n) is 9.21. The van der Waals surface area contributed by atoms with Crippen molar-refractivity contribution in [1.82, 2.24) is 19.8 Å². The molecule has 2 aliphatic rings. The van der Waals surface area contributed by atoms with Gasteiger partial charge in [0.2, 0.25) is 11.9 Å². The molecule has 4 rings (SSSR count). The van der Waals surface area contributed by atoms with Crippen molar-refractivity contribution in [2.24, 2.45) is 0 Å². The first-order chi connectivity index (χ1) is 16.7. The molecule has 1 aromatic heterocycles. The maximum atomic E-state index is 14.5. The lowest BCUT2D eigenvalue weighted by molar-refractivity contribution is -0.129. The van der Waals surface area contributed by atoms with Crippen molar-refractivity contribution in [1.29, 1.82) is 0 Å². The van der Waals surface area contributed by atoms with E-state index in [9.17, 15) is 14.0 Å². The van der Waals surface area contributed by atoms with Crippen LogP contribution in [0.25, 0.3) is 0 Å². The van der Waals surface area contributed by atoms with E-state index < -0.39 is 5.82 Å². The van der Waals surface area contributed by atoms with Gasteiger partial charge in [0.15, 0.2) is 11.6 Å². The van der Waals surface area contributed by atoms with Crippen molar-refractivity contribution < 1.29 is 18.7 Å². The Kier molecular flexibility index (Phi) is 7.09. The average Bonchev–Trinajstić information content (AvgIpc) is 3.17. The number of carbonyl (C=O) groups is 2. The molecule has 188 valence electrons. The van der Waals surface area contributed by atoms with Crippen LogP contribution in [0.5, 0.6) is 5.75 Å². The van der Waals surface area contributed by atoms with Gasteiger partial charge in [-0.05, 0) is 45.4 Å². The van der Waals surface area contributed by atoms with Crippen molar-refractivity contribution in [2.45, 2.75) is 53.2 Å². The molecule has 0 radical (unpaired) electrons. The number of nitrogens with one attached hydrogen (secondary N) is 1. The molecule has 2 amide bonds. The largest absolute Gasteiger partial charge is 0.491 e. The summed E-state index contributed by atoms with van der Waals surface area (Å²) in [5, 5.41) is 3.40. The summed E-state index contributed by atoms with van der Waals surface area (Å²) in [7, 11) is 0. The Morgan fingerprint density at radius 2 is 1.89 bits per heavy atom. The van der Waals surface area contributed by atoms with Crippen molar-refractivity contribution in [2.75, 3.05) is 43.0 Å². The quantitative estimate of drug-likeness (QED) is 0.645. The number of aromatic nitrogens is 2. The fourth-order valence-electron chi connectivity index (χ4n) is 4.42. The number of fused-ring (bicyclic) bond motifs is 1. The number of ether oxygens (including phenoxy) is 1. The van der Waals surface area contributed by atoms with Crippen molar-refractivity contribution in [3.8, 4) is 5.75 Å². The molecule has 10 heteroatoms. The molecule has 2 aromatic rings. The highest BCUT2D eigenvalue weighted by Crippen LogP contribution is 2.33. The van der Waals surface area contributed by atoms with E-state index in [0.29, 0.717) is 56.8 Å². The molecule has 1 aromatic carbocycles. The maximum absolute atomic E-state index is 14.5. The first-order valence-corrected chi connectivity index (χ1v) is 12.1. The zero-order valence-corrected chi connectivity index (χ0v) is 21.0. The number of piperazine rings is 1. The Bertz CT molecular complexity index is 1120. The summed E-state index contributed by atoms with van der Waals surface area (Å²) >= 11 is 0. The molecule has 35 heavy (non-hydrogen) atoms. The Morgan fingerprint density at radius 3 is 2.49 bits per heavy atom. The van der Waals surface area contributed by atoms with Crippen LogP contribution in [0.3, 0.4) is 0 Å². The number of nitrogens with zero attached hydrogens (tertiary/aromatic N) is 5. The van der Waals surface area contributed by atoms with Gasteiger partial charge in [0.05, 0.1) is 19.2 Å². The molecule has 0 aliphatic carbocycles. The van der Waals surface area contributed by atoms with Crippen LogP contribution in [0, 0.1) is 5.82 Å². The predicted molar refractivity (Wildman–Crippen MR) is 131 cm³/mol. The second kappa shape index (κ2) is 10.1. The van der Waals surface area contributed by atoms with Gasteiger partial charge in [-0.15, -0.1) is 0 Å². The number of anilines is 2. The third-order valence-corrected chi connectivity index (χ3v) is 6.53. The zero-order chi connectivity index (χ0) is 25.3. The minimum atomic E-state index is -0.420. The fraction of sp³-hybridized carbons (Fsp3) is 0.520. The SMILES string of the molecule is CCOc1ccc(C(C)Nc2nc(N3CCN(C(C)=O)CC3)nc3c2CN(C(C)C)C3=O)cc1F. The minimum absolute atomic E-state index is 0.0183. The van der Waals surface area contributed by atoms with Crippen LogP contribution in [-0.4, -0.2) is 70.4 Å². The van der Waals surface area contributed by atoms with E-state index in [4.69, 9.17) is 9.72 Å². The smallest absolute Gasteiger partial charge is 0.273 e. The minimum Gasteiger partial charge on any atom is -0.491 e. The van der Waals surface area contributed by atoms with E-state index in [1.165, 1.54) is 6.07 Å². The van der Waals surface area contributed by atoms with Gasteiger partial charge >= 0.3 is 0 Å². The number of benzene rings is 1. The van der Waals surface area contributed by atoms with Crippen LogP contribution < -0.4 is 15.0 Å². The van der Waals surface area contributed by atoms with E-state index in [2.05, 4.69) is 10.3 Å². The fourth-order valence-corrected chi connectivity index (χ4v) is 4.42. The molecule has 1 fully saturated rings. The molecule has 1 saturated heterocycles. The van der Waals surface area contributed by atoms with Crippen LogP contribution in [0.4, 0.5) is 16.2 Å². The summed E-state index contributed by atoms with van der Waals surface area (Å²) in [6, 6.07) is 4.65. The Hall–Kier alpha value is -3.43. The Labute approximate surface area is 205 Å². The van der Waals surface area contributed by atoms with Gasteiger partial charge < -0.3 is 24.8 Å². The van der Waals surface area contributed by atoms with E-state index >= 15 is 0 Å². The predicted octanol–water partition coefficient (Wildman–Crippen LogP) is 3.22. The monoisotopic (exact) mass is 484 g/mol. The first kappa shape index (κ1) is 24.7. The van der Waals surface area contributed by atoms with Crippen LogP contribution in [0.15, 0.2) is 18.2 Å². The van der Waals surface area contributed by atoms with E-state index in [0.717, 1.165) is 11.1 Å². The van der Waals surface area contributed by atoms with Gasteiger partial charge in [-0.25, -0.2) is 9.37 Å². The second-order valence-corrected chi connectivity index (χ2v) is 9.21.